The third-order valence-electron chi connectivity index (χ3n) is 3.03. The first-order valence-electron chi connectivity index (χ1n) is 6.83. The molecule has 0 saturated heterocycles. The van der Waals surface area contributed by atoms with Crippen LogP contribution in [0.4, 0.5) is 0 Å². The minimum atomic E-state index is -0.0627. The molecule has 2 aromatic rings. The Morgan fingerprint density at radius 3 is 2.71 bits per heavy atom. The van der Waals surface area contributed by atoms with Gasteiger partial charge in [0.25, 0.3) is 0 Å². The molecule has 1 amide bonds. The molecule has 0 atom stereocenters. The first kappa shape index (κ1) is 15.1. The van der Waals surface area contributed by atoms with Crippen LogP contribution in [0.1, 0.15) is 11.3 Å². The Labute approximate surface area is 124 Å². The lowest BCUT2D eigenvalue weighted by atomic mass is 10.2. The molecule has 0 radical (unpaired) electrons. The molecule has 1 aromatic carbocycles. The largest absolute Gasteiger partial charge is 0.465 e. The van der Waals surface area contributed by atoms with E-state index in [0.29, 0.717) is 25.5 Å². The van der Waals surface area contributed by atoms with Crippen LogP contribution in [0, 0.1) is 0 Å². The number of furan rings is 1. The lowest BCUT2D eigenvalue weighted by molar-refractivity contribution is -0.127. The fraction of sp³-hybridized carbons (Fsp3) is 0.235. The van der Waals surface area contributed by atoms with Crippen LogP contribution in [0.5, 0.6) is 0 Å². The average molecular weight is 285 g/mol. The van der Waals surface area contributed by atoms with Crippen molar-refractivity contribution < 1.29 is 13.9 Å². The van der Waals surface area contributed by atoms with Gasteiger partial charge in [0.15, 0.2) is 0 Å². The van der Waals surface area contributed by atoms with Crippen LogP contribution in [-0.4, -0.2) is 31.1 Å². The van der Waals surface area contributed by atoms with Crippen LogP contribution < -0.4 is 0 Å². The number of carbonyl (C=O) groups is 1. The smallest absolute Gasteiger partial charge is 0.247 e. The van der Waals surface area contributed by atoms with Crippen LogP contribution in [0.3, 0.4) is 0 Å². The Hall–Kier alpha value is -2.33. The lowest BCUT2D eigenvalue weighted by Gasteiger charge is -2.21. The molecule has 4 heteroatoms. The molecule has 1 aromatic heterocycles. The molecular formula is C17H19NO3. The quantitative estimate of drug-likeness (QED) is 0.734. The van der Waals surface area contributed by atoms with Crippen molar-refractivity contribution in [3.05, 3.63) is 66.1 Å². The van der Waals surface area contributed by atoms with Crippen LogP contribution in [0.25, 0.3) is 6.08 Å². The van der Waals surface area contributed by atoms with Crippen molar-refractivity contribution in [2.24, 2.45) is 0 Å². The predicted molar refractivity (Wildman–Crippen MR) is 81.5 cm³/mol. The summed E-state index contributed by atoms with van der Waals surface area (Å²) in [6.07, 6.45) is 4.78. The molecule has 0 spiro atoms. The second kappa shape index (κ2) is 8.07. The van der Waals surface area contributed by atoms with Gasteiger partial charge < -0.3 is 14.1 Å². The van der Waals surface area contributed by atoms with Crippen LogP contribution in [0.15, 0.2) is 59.2 Å². The molecule has 0 saturated carbocycles. The number of nitrogens with zero attached hydrogens (tertiary/aromatic N) is 1. The molecule has 2 rings (SSSR count). The molecule has 0 bridgehead atoms. The van der Waals surface area contributed by atoms with Crippen LogP contribution in [-0.2, 0) is 16.1 Å². The number of rotatable bonds is 7. The van der Waals surface area contributed by atoms with E-state index in [1.807, 2.05) is 30.3 Å². The van der Waals surface area contributed by atoms with Gasteiger partial charge in [0.05, 0.1) is 12.9 Å². The summed E-state index contributed by atoms with van der Waals surface area (Å²) in [6, 6.07) is 13.5. The highest BCUT2D eigenvalue weighted by Gasteiger charge is 2.11. The van der Waals surface area contributed by atoms with E-state index in [-0.39, 0.29) is 5.91 Å². The van der Waals surface area contributed by atoms with E-state index in [0.717, 1.165) is 5.56 Å². The monoisotopic (exact) mass is 285 g/mol. The number of hydrogen-bond donors (Lipinski definition) is 0. The second-order valence-corrected chi connectivity index (χ2v) is 4.59. The summed E-state index contributed by atoms with van der Waals surface area (Å²) in [5.74, 6) is 0.599. The summed E-state index contributed by atoms with van der Waals surface area (Å²) in [5.41, 5.74) is 1.09. The Morgan fingerprint density at radius 1 is 1.24 bits per heavy atom. The summed E-state index contributed by atoms with van der Waals surface area (Å²) in [7, 11) is 1.63. The number of ether oxygens (including phenoxy) is 1. The zero-order valence-corrected chi connectivity index (χ0v) is 12.1. The molecule has 0 aliphatic heterocycles. The van der Waals surface area contributed by atoms with E-state index in [1.54, 1.807) is 36.5 Å². The molecule has 0 N–H and O–H groups in total. The minimum Gasteiger partial charge on any atom is -0.465 e. The number of hydrogen-bond acceptors (Lipinski definition) is 3. The van der Waals surface area contributed by atoms with Gasteiger partial charge in [-0.3, -0.25) is 4.79 Å². The van der Waals surface area contributed by atoms with Gasteiger partial charge >= 0.3 is 0 Å². The van der Waals surface area contributed by atoms with Gasteiger partial charge in [-0.2, -0.15) is 0 Å². The first-order chi connectivity index (χ1) is 10.3. The van der Waals surface area contributed by atoms with Gasteiger partial charge in [0, 0.05) is 26.3 Å². The Bertz CT molecular complexity index is 561. The summed E-state index contributed by atoms with van der Waals surface area (Å²) in [4.78, 5) is 14.0. The third-order valence-corrected chi connectivity index (χ3v) is 3.03. The fourth-order valence-electron chi connectivity index (χ4n) is 1.92. The molecule has 110 valence electrons. The van der Waals surface area contributed by atoms with Gasteiger partial charge in [-0.05, 0) is 23.8 Å². The van der Waals surface area contributed by atoms with Gasteiger partial charge in [0.2, 0.25) is 5.91 Å². The lowest BCUT2D eigenvalue weighted by Crippen LogP contribution is -2.32. The van der Waals surface area contributed by atoms with Crippen molar-refractivity contribution in [2.45, 2.75) is 6.54 Å². The van der Waals surface area contributed by atoms with Gasteiger partial charge in [-0.15, -0.1) is 0 Å². The van der Waals surface area contributed by atoms with Gasteiger partial charge in [-0.1, -0.05) is 30.3 Å². The number of carbonyl (C=O) groups excluding carboxylic acids is 1. The summed E-state index contributed by atoms with van der Waals surface area (Å²) in [6.45, 7) is 1.62. The Balaban J connectivity index is 2.02. The van der Waals surface area contributed by atoms with E-state index in [2.05, 4.69) is 0 Å². The number of amides is 1. The zero-order chi connectivity index (χ0) is 14.9. The molecule has 0 unspecified atom stereocenters. The van der Waals surface area contributed by atoms with Crippen LogP contribution in [0.2, 0.25) is 0 Å². The fourth-order valence-corrected chi connectivity index (χ4v) is 1.92. The maximum atomic E-state index is 12.3. The van der Waals surface area contributed by atoms with E-state index in [9.17, 15) is 4.79 Å². The standard InChI is InChI=1S/C17H19NO3/c1-20-13-11-18(14-15-6-3-2-4-7-15)17(19)10-9-16-8-5-12-21-16/h2-10,12H,11,13-14H2,1H3. The van der Waals surface area contributed by atoms with E-state index in [1.165, 1.54) is 6.08 Å². The van der Waals surface area contributed by atoms with Crippen molar-refractivity contribution in [3.8, 4) is 0 Å². The molecule has 21 heavy (non-hydrogen) atoms. The maximum Gasteiger partial charge on any atom is 0.247 e. The van der Waals surface area contributed by atoms with Crippen molar-refractivity contribution in [1.82, 2.24) is 4.90 Å². The molecule has 0 fully saturated rings. The van der Waals surface area contributed by atoms with Crippen molar-refractivity contribution in [1.29, 1.82) is 0 Å². The first-order valence-corrected chi connectivity index (χ1v) is 6.83. The SMILES string of the molecule is COCCN(Cc1ccccc1)C(=O)C=Cc1ccco1. The molecule has 0 aliphatic rings. The topological polar surface area (TPSA) is 42.7 Å². The van der Waals surface area contributed by atoms with E-state index < -0.39 is 0 Å². The van der Waals surface area contributed by atoms with Gasteiger partial charge in [0.1, 0.15) is 5.76 Å². The number of benzene rings is 1. The Morgan fingerprint density at radius 2 is 2.05 bits per heavy atom. The maximum absolute atomic E-state index is 12.3. The highest BCUT2D eigenvalue weighted by Crippen LogP contribution is 2.07. The summed E-state index contributed by atoms with van der Waals surface area (Å²) >= 11 is 0. The number of methoxy groups -OCH3 is 1. The average Bonchev–Trinajstić information content (AvgIpc) is 3.03. The van der Waals surface area contributed by atoms with E-state index in [4.69, 9.17) is 9.15 Å². The molecule has 0 aliphatic carbocycles. The van der Waals surface area contributed by atoms with Crippen molar-refractivity contribution >= 4 is 12.0 Å². The summed E-state index contributed by atoms with van der Waals surface area (Å²) in [5, 5.41) is 0. The van der Waals surface area contributed by atoms with Crippen molar-refractivity contribution in [3.63, 3.8) is 0 Å². The summed E-state index contributed by atoms with van der Waals surface area (Å²) < 4.78 is 10.3. The Kier molecular flexibility index (Phi) is 5.79. The zero-order valence-electron chi connectivity index (χ0n) is 12.1. The second-order valence-electron chi connectivity index (χ2n) is 4.59. The van der Waals surface area contributed by atoms with E-state index >= 15 is 0 Å². The molecular weight excluding hydrogens is 266 g/mol. The highest BCUT2D eigenvalue weighted by molar-refractivity contribution is 5.91. The normalized spacial score (nSPS) is 10.9. The predicted octanol–water partition coefficient (Wildman–Crippen LogP) is 2.97. The molecule has 1 heterocycles. The van der Waals surface area contributed by atoms with Crippen LogP contribution >= 0.6 is 0 Å². The van der Waals surface area contributed by atoms with Gasteiger partial charge in [-0.25, -0.2) is 0 Å². The molecule has 4 nitrogen and oxygen atoms in total. The third kappa shape index (κ3) is 4.93. The van der Waals surface area contributed by atoms with Crippen molar-refractivity contribution in [2.75, 3.05) is 20.3 Å². The highest BCUT2D eigenvalue weighted by atomic mass is 16.5. The minimum absolute atomic E-state index is 0.0627.